The van der Waals surface area contributed by atoms with Crippen LogP contribution in [0, 0.1) is 11.8 Å². The van der Waals surface area contributed by atoms with Gasteiger partial charge in [-0.2, -0.15) is 0 Å². The van der Waals surface area contributed by atoms with E-state index in [0.29, 0.717) is 0 Å². The highest BCUT2D eigenvalue weighted by Crippen LogP contribution is 2.52. The van der Waals surface area contributed by atoms with Gasteiger partial charge in [0.15, 0.2) is 5.78 Å². The lowest BCUT2D eigenvalue weighted by Crippen LogP contribution is -2.53. The number of hydrogen-bond donors (Lipinski definition) is 0. The molecule has 5 rings (SSSR count). The summed E-state index contributed by atoms with van der Waals surface area (Å²) in [5, 5.41) is 0. The second-order valence-corrected chi connectivity index (χ2v) is 8.84. The number of carbonyl (C=O) groups excluding carboxylic acids is 3. The van der Waals surface area contributed by atoms with Crippen LogP contribution >= 0.6 is 0 Å². The molecule has 4 bridgehead atoms. The van der Waals surface area contributed by atoms with Crippen LogP contribution in [0.25, 0.3) is 0 Å². The average molecular weight is 354 g/mol. The molecule has 0 aromatic rings. The van der Waals surface area contributed by atoms with Gasteiger partial charge in [0, 0.05) is 7.05 Å². The van der Waals surface area contributed by atoms with Crippen molar-refractivity contribution in [2.75, 3.05) is 13.6 Å². The van der Waals surface area contributed by atoms with E-state index in [1.807, 2.05) is 6.92 Å². The van der Waals surface area contributed by atoms with Crippen LogP contribution in [0.1, 0.15) is 58.3 Å². The molecule has 26 heavy (non-hydrogen) atoms. The summed E-state index contributed by atoms with van der Waals surface area (Å²) in [4.78, 5) is 41.8. The molecule has 5 aliphatic rings. The van der Waals surface area contributed by atoms with Gasteiger partial charge in [-0.25, -0.2) is 4.79 Å². The van der Waals surface area contributed by atoms with Crippen LogP contribution in [-0.4, -0.2) is 46.7 Å². The first kappa shape index (κ1) is 16.3. The summed E-state index contributed by atoms with van der Waals surface area (Å²) in [5.41, 5.74) is 4.75. The molecule has 4 aliphatic carbocycles. The van der Waals surface area contributed by atoms with E-state index in [1.54, 1.807) is 11.9 Å². The van der Waals surface area contributed by atoms with Crippen molar-refractivity contribution >= 4 is 17.7 Å². The summed E-state index contributed by atoms with van der Waals surface area (Å²) in [6.45, 7) is 1.81. The number of carbonyl (C=O) groups is 3. The first-order chi connectivity index (χ1) is 12.4. The van der Waals surface area contributed by atoms with Crippen molar-refractivity contribution in [3.05, 3.63) is 22.3 Å². The molecule has 3 amide bonds. The predicted molar refractivity (Wildman–Crippen MR) is 96.3 cm³/mol. The molecule has 138 valence electrons. The Kier molecular flexibility index (Phi) is 3.32. The monoisotopic (exact) mass is 354 g/mol. The molecule has 5 nitrogen and oxygen atoms in total. The molecule has 4 fully saturated rings. The van der Waals surface area contributed by atoms with E-state index in [1.165, 1.54) is 27.2 Å². The van der Waals surface area contributed by atoms with Gasteiger partial charge in [-0.3, -0.25) is 14.5 Å². The summed E-state index contributed by atoms with van der Waals surface area (Å²) in [6.07, 6.45) is 8.33. The second kappa shape index (κ2) is 5.30. The third kappa shape index (κ3) is 1.89. The van der Waals surface area contributed by atoms with E-state index in [4.69, 9.17) is 0 Å². The smallest absolute Gasteiger partial charge is 0.313 e. The zero-order chi connectivity index (χ0) is 18.2. The zero-order valence-electron chi connectivity index (χ0n) is 15.6. The molecule has 0 aromatic heterocycles. The molecule has 0 N–H and O–H groups in total. The number of likely N-dealkylation sites (N-methyl/N-ethyl adjacent to an activating group) is 1. The van der Waals surface area contributed by atoms with Crippen LogP contribution in [0.15, 0.2) is 22.3 Å². The van der Waals surface area contributed by atoms with Crippen LogP contribution in [0.2, 0.25) is 0 Å². The Morgan fingerprint density at radius 3 is 2.23 bits per heavy atom. The van der Waals surface area contributed by atoms with E-state index < -0.39 is 5.54 Å². The SMILES string of the molecule is CN1C(=O)N(CC(=O)C2C3=C4CCC(=C2CC3)C4)C(=O)C1(C)C1CCC1. The van der Waals surface area contributed by atoms with E-state index in [2.05, 4.69) is 0 Å². The molecule has 0 spiro atoms. The predicted octanol–water partition coefficient (Wildman–Crippen LogP) is 3.21. The molecule has 0 aromatic carbocycles. The summed E-state index contributed by atoms with van der Waals surface area (Å²) < 4.78 is 0. The van der Waals surface area contributed by atoms with Gasteiger partial charge in [-0.05, 0) is 57.8 Å². The van der Waals surface area contributed by atoms with Crippen molar-refractivity contribution in [3.8, 4) is 0 Å². The second-order valence-electron chi connectivity index (χ2n) is 8.84. The van der Waals surface area contributed by atoms with Crippen molar-refractivity contribution in [2.24, 2.45) is 11.8 Å². The van der Waals surface area contributed by atoms with E-state index >= 15 is 0 Å². The van der Waals surface area contributed by atoms with Crippen LogP contribution < -0.4 is 0 Å². The topological polar surface area (TPSA) is 57.7 Å². The van der Waals surface area contributed by atoms with Gasteiger partial charge in [-0.15, -0.1) is 0 Å². The van der Waals surface area contributed by atoms with Crippen molar-refractivity contribution < 1.29 is 14.4 Å². The van der Waals surface area contributed by atoms with E-state index in [9.17, 15) is 14.4 Å². The third-order valence-corrected chi connectivity index (χ3v) is 7.85. The maximum Gasteiger partial charge on any atom is 0.327 e. The number of amides is 3. The highest BCUT2D eigenvalue weighted by Gasteiger charge is 2.58. The number of hydrogen-bond acceptors (Lipinski definition) is 3. The zero-order valence-corrected chi connectivity index (χ0v) is 15.6. The summed E-state index contributed by atoms with van der Waals surface area (Å²) >= 11 is 0. The molecule has 5 heteroatoms. The Labute approximate surface area is 154 Å². The minimum absolute atomic E-state index is 0.0389. The number of Topliss-reactive ketones (excluding diaryl/α,β-unsaturated/α-hetero) is 1. The number of allylic oxidation sites excluding steroid dienone is 4. The normalized spacial score (nSPS) is 31.6. The molecule has 1 unspecified atom stereocenters. The van der Waals surface area contributed by atoms with Gasteiger partial charge in [0.05, 0.1) is 12.5 Å². The number of imide groups is 1. The quantitative estimate of drug-likeness (QED) is 0.575. The lowest BCUT2D eigenvalue weighted by molar-refractivity contribution is -0.138. The maximum atomic E-state index is 13.2. The summed E-state index contributed by atoms with van der Waals surface area (Å²) in [6, 6.07) is -0.306. The molecule has 0 radical (unpaired) electrons. The van der Waals surface area contributed by atoms with Gasteiger partial charge in [-0.1, -0.05) is 28.7 Å². The summed E-state index contributed by atoms with van der Waals surface area (Å²) in [7, 11) is 1.71. The van der Waals surface area contributed by atoms with Gasteiger partial charge >= 0.3 is 6.03 Å². The van der Waals surface area contributed by atoms with Crippen molar-refractivity contribution in [3.63, 3.8) is 0 Å². The standard InChI is InChI=1S/C21H26N2O3/c1-21(14-4-3-5-14)19(25)23(20(26)22(21)2)11-17(24)18-15-8-9-16(18)13-7-6-12(15)10-13/h14,18H,3-11H2,1-2H3. The largest absolute Gasteiger partial charge is 0.327 e. The Bertz CT molecular complexity index is 776. The molecular formula is C21H26N2O3. The number of rotatable bonds is 4. The highest BCUT2D eigenvalue weighted by molar-refractivity contribution is 6.09. The summed E-state index contributed by atoms with van der Waals surface area (Å²) in [5.74, 6) is -0.0557. The average Bonchev–Trinajstić information content (AvgIpc) is 3.17. The fraction of sp³-hybridized carbons (Fsp3) is 0.667. The molecule has 1 heterocycles. The van der Waals surface area contributed by atoms with Crippen LogP contribution in [0.3, 0.4) is 0 Å². The molecule has 1 aliphatic heterocycles. The minimum Gasteiger partial charge on any atom is -0.313 e. The Hall–Kier alpha value is -1.91. The fourth-order valence-electron chi connectivity index (χ4n) is 5.89. The Morgan fingerprint density at radius 2 is 1.69 bits per heavy atom. The number of fused-ring (bicyclic) bond motifs is 4. The molecule has 3 saturated carbocycles. The number of urea groups is 1. The van der Waals surface area contributed by atoms with E-state index in [0.717, 1.165) is 51.4 Å². The van der Waals surface area contributed by atoms with Crippen LogP contribution in [0.5, 0.6) is 0 Å². The van der Waals surface area contributed by atoms with Crippen LogP contribution in [0.4, 0.5) is 4.79 Å². The van der Waals surface area contributed by atoms with Gasteiger partial charge < -0.3 is 4.90 Å². The van der Waals surface area contributed by atoms with Crippen molar-refractivity contribution in [2.45, 2.75) is 63.8 Å². The number of nitrogens with zero attached hydrogens (tertiary/aromatic N) is 2. The first-order valence-corrected chi connectivity index (χ1v) is 9.97. The maximum absolute atomic E-state index is 13.2. The lowest BCUT2D eigenvalue weighted by atomic mass is 9.71. The van der Waals surface area contributed by atoms with Gasteiger partial charge in [0.1, 0.15) is 5.54 Å². The Balaban J connectivity index is 1.40. The first-order valence-electron chi connectivity index (χ1n) is 9.97. The highest BCUT2D eigenvalue weighted by atomic mass is 16.2. The molecule has 1 saturated heterocycles. The number of ketones is 1. The molecule has 1 atom stereocenters. The van der Waals surface area contributed by atoms with Crippen molar-refractivity contribution in [1.29, 1.82) is 0 Å². The van der Waals surface area contributed by atoms with E-state index in [-0.39, 0.29) is 36.1 Å². The van der Waals surface area contributed by atoms with Crippen LogP contribution in [-0.2, 0) is 9.59 Å². The minimum atomic E-state index is -0.774. The Morgan fingerprint density at radius 1 is 1.08 bits per heavy atom. The van der Waals surface area contributed by atoms with Gasteiger partial charge in [0.25, 0.3) is 5.91 Å². The van der Waals surface area contributed by atoms with Gasteiger partial charge in [0.2, 0.25) is 0 Å². The lowest BCUT2D eigenvalue weighted by Gasteiger charge is -2.41. The fourth-order valence-corrected chi connectivity index (χ4v) is 5.89. The van der Waals surface area contributed by atoms with Crippen molar-refractivity contribution in [1.82, 2.24) is 9.80 Å². The third-order valence-electron chi connectivity index (χ3n) is 7.85. The molecular weight excluding hydrogens is 328 g/mol.